The maximum atomic E-state index is 12.1. The molecule has 0 bridgehead atoms. The third kappa shape index (κ3) is 5.17. The number of para-hydroxylation sites is 1. The van der Waals surface area contributed by atoms with Crippen molar-refractivity contribution >= 4 is 22.9 Å². The molecular weight excluding hydrogens is 360 g/mol. The zero-order chi connectivity index (χ0) is 19.1. The van der Waals surface area contributed by atoms with E-state index in [1.165, 1.54) is 11.3 Å². The first-order chi connectivity index (χ1) is 13.2. The summed E-state index contributed by atoms with van der Waals surface area (Å²) in [5.41, 5.74) is 2.45. The number of benzene rings is 1. The molecule has 7 heteroatoms. The van der Waals surface area contributed by atoms with Gasteiger partial charge in [0.25, 0.3) is 0 Å². The van der Waals surface area contributed by atoms with Crippen LogP contribution in [0.5, 0.6) is 0 Å². The Balaban J connectivity index is 1.42. The zero-order valence-electron chi connectivity index (χ0n) is 15.6. The van der Waals surface area contributed by atoms with Gasteiger partial charge in [-0.3, -0.25) is 4.79 Å². The van der Waals surface area contributed by atoms with Crippen LogP contribution in [0.2, 0.25) is 0 Å². The highest BCUT2D eigenvalue weighted by atomic mass is 32.1. The predicted octanol–water partition coefficient (Wildman–Crippen LogP) is 3.68. The molecule has 0 saturated carbocycles. The van der Waals surface area contributed by atoms with Gasteiger partial charge in [0.05, 0.1) is 4.88 Å². The summed E-state index contributed by atoms with van der Waals surface area (Å²) in [6, 6.07) is 12.2. The first-order valence-corrected chi connectivity index (χ1v) is 9.99. The monoisotopic (exact) mass is 384 g/mol. The molecule has 6 nitrogen and oxygen atoms in total. The van der Waals surface area contributed by atoms with Gasteiger partial charge in [0, 0.05) is 38.2 Å². The van der Waals surface area contributed by atoms with Crippen LogP contribution >= 0.6 is 11.3 Å². The number of likely N-dealkylation sites (N-methyl/N-ethyl adjacent to an activating group) is 1. The number of carbonyl (C=O) groups is 1. The van der Waals surface area contributed by atoms with Crippen molar-refractivity contribution in [2.24, 2.45) is 0 Å². The number of anilines is 1. The van der Waals surface area contributed by atoms with Crippen LogP contribution in [0.1, 0.15) is 24.8 Å². The number of rotatable bonds is 9. The molecular formula is C20H24N4O2S. The Bertz CT molecular complexity index is 861. The van der Waals surface area contributed by atoms with Crippen LogP contribution in [0.4, 0.5) is 5.69 Å². The average molecular weight is 385 g/mol. The van der Waals surface area contributed by atoms with Gasteiger partial charge in [-0.15, -0.1) is 11.3 Å². The second-order valence-electron chi connectivity index (χ2n) is 6.21. The summed E-state index contributed by atoms with van der Waals surface area (Å²) in [5.74, 6) is 1.06. The minimum Gasteiger partial charge on any atom is -0.370 e. The second kappa shape index (κ2) is 9.32. The van der Waals surface area contributed by atoms with E-state index in [4.69, 9.17) is 4.52 Å². The number of hydrogen-bond acceptors (Lipinski definition) is 6. The third-order valence-electron chi connectivity index (χ3n) is 4.32. The van der Waals surface area contributed by atoms with E-state index in [0.717, 1.165) is 18.0 Å². The van der Waals surface area contributed by atoms with Crippen LogP contribution in [0.25, 0.3) is 10.7 Å². The molecule has 0 aliphatic carbocycles. The maximum absolute atomic E-state index is 12.1. The number of thiophene rings is 1. The molecule has 142 valence electrons. The molecule has 0 fully saturated rings. The molecule has 0 aliphatic rings. The van der Waals surface area contributed by atoms with E-state index in [0.29, 0.717) is 31.1 Å². The fourth-order valence-electron chi connectivity index (χ4n) is 2.87. The Hall–Kier alpha value is -2.67. The van der Waals surface area contributed by atoms with Crippen molar-refractivity contribution in [3.05, 3.63) is 53.2 Å². The lowest BCUT2D eigenvalue weighted by Crippen LogP contribution is -2.35. The summed E-state index contributed by atoms with van der Waals surface area (Å²) in [5, 5.41) is 8.90. The number of carbonyl (C=O) groups excluding carboxylic acids is 1. The highest BCUT2D eigenvalue weighted by Gasteiger charge is 2.12. The number of aromatic nitrogens is 2. The molecule has 1 N–H and O–H groups in total. The van der Waals surface area contributed by atoms with Gasteiger partial charge in [-0.05, 0) is 36.9 Å². The van der Waals surface area contributed by atoms with E-state index >= 15 is 0 Å². The Labute approximate surface area is 163 Å². The SMILES string of the molecule is CCN(CCNC(=O)CCc1nc(-c2cccs2)no1)c1ccccc1C. The van der Waals surface area contributed by atoms with E-state index in [2.05, 4.69) is 46.3 Å². The molecule has 0 atom stereocenters. The van der Waals surface area contributed by atoms with Crippen molar-refractivity contribution in [1.29, 1.82) is 0 Å². The molecule has 0 aliphatic heterocycles. The standard InChI is InChI=1S/C20H24N4O2S/c1-3-24(16-8-5-4-7-15(16)2)13-12-21-18(25)10-11-19-22-20(23-26-19)17-9-6-14-27-17/h4-9,14H,3,10-13H2,1-2H3,(H,21,25). The van der Waals surface area contributed by atoms with Crippen molar-refractivity contribution in [3.8, 4) is 10.7 Å². The molecule has 0 radical (unpaired) electrons. The molecule has 0 saturated heterocycles. The first kappa shape index (κ1) is 19.1. The average Bonchev–Trinajstić information content (AvgIpc) is 3.36. The van der Waals surface area contributed by atoms with Gasteiger partial charge in [-0.2, -0.15) is 4.98 Å². The minimum atomic E-state index is -0.00768. The maximum Gasteiger partial charge on any atom is 0.227 e. The van der Waals surface area contributed by atoms with Gasteiger partial charge in [-0.25, -0.2) is 0 Å². The lowest BCUT2D eigenvalue weighted by molar-refractivity contribution is -0.121. The van der Waals surface area contributed by atoms with Gasteiger partial charge in [0.2, 0.25) is 17.6 Å². The van der Waals surface area contributed by atoms with Crippen LogP contribution in [0.3, 0.4) is 0 Å². The highest BCUT2D eigenvalue weighted by Crippen LogP contribution is 2.21. The Morgan fingerprint density at radius 3 is 2.85 bits per heavy atom. The number of amides is 1. The molecule has 0 spiro atoms. The smallest absolute Gasteiger partial charge is 0.227 e. The van der Waals surface area contributed by atoms with Crippen molar-refractivity contribution < 1.29 is 9.32 Å². The summed E-state index contributed by atoms with van der Waals surface area (Å²) < 4.78 is 5.23. The topological polar surface area (TPSA) is 71.3 Å². The fourth-order valence-corrected chi connectivity index (χ4v) is 3.52. The molecule has 1 amide bonds. The molecule has 1 aromatic carbocycles. The van der Waals surface area contributed by atoms with Gasteiger partial charge in [-0.1, -0.05) is 29.4 Å². The van der Waals surface area contributed by atoms with Crippen molar-refractivity contribution in [2.45, 2.75) is 26.7 Å². The van der Waals surface area contributed by atoms with Crippen molar-refractivity contribution in [1.82, 2.24) is 15.5 Å². The van der Waals surface area contributed by atoms with Crippen LogP contribution in [0.15, 0.2) is 46.3 Å². The van der Waals surface area contributed by atoms with Gasteiger partial charge in [0.1, 0.15) is 0 Å². The van der Waals surface area contributed by atoms with E-state index < -0.39 is 0 Å². The summed E-state index contributed by atoms with van der Waals surface area (Å²) in [4.78, 5) is 19.7. The van der Waals surface area contributed by atoms with Gasteiger partial charge in [0.15, 0.2) is 0 Å². The number of hydrogen-bond donors (Lipinski definition) is 1. The Morgan fingerprint density at radius 1 is 1.26 bits per heavy atom. The van der Waals surface area contributed by atoms with Crippen molar-refractivity contribution in [2.75, 3.05) is 24.5 Å². The minimum absolute atomic E-state index is 0.00768. The highest BCUT2D eigenvalue weighted by molar-refractivity contribution is 7.13. The lowest BCUT2D eigenvalue weighted by atomic mass is 10.2. The molecule has 0 unspecified atom stereocenters. The van der Waals surface area contributed by atoms with E-state index in [-0.39, 0.29) is 5.91 Å². The first-order valence-electron chi connectivity index (χ1n) is 9.11. The van der Waals surface area contributed by atoms with Crippen LogP contribution < -0.4 is 10.2 Å². The summed E-state index contributed by atoms with van der Waals surface area (Å²) in [7, 11) is 0. The summed E-state index contributed by atoms with van der Waals surface area (Å²) in [6.45, 7) is 6.50. The largest absolute Gasteiger partial charge is 0.370 e. The van der Waals surface area contributed by atoms with Gasteiger partial charge < -0.3 is 14.7 Å². The Morgan fingerprint density at radius 2 is 2.11 bits per heavy atom. The summed E-state index contributed by atoms with van der Waals surface area (Å²) >= 11 is 1.56. The third-order valence-corrected chi connectivity index (χ3v) is 5.18. The molecule has 3 aromatic rings. The molecule has 27 heavy (non-hydrogen) atoms. The second-order valence-corrected chi connectivity index (χ2v) is 7.15. The van der Waals surface area contributed by atoms with Crippen LogP contribution in [0, 0.1) is 6.92 Å². The van der Waals surface area contributed by atoms with E-state index in [1.54, 1.807) is 11.3 Å². The van der Waals surface area contributed by atoms with E-state index in [1.807, 2.05) is 29.6 Å². The van der Waals surface area contributed by atoms with Gasteiger partial charge >= 0.3 is 0 Å². The normalized spacial score (nSPS) is 10.7. The zero-order valence-corrected chi connectivity index (χ0v) is 16.5. The van der Waals surface area contributed by atoms with Crippen molar-refractivity contribution in [3.63, 3.8) is 0 Å². The lowest BCUT2D eigenvalue weighted by Gasteiger charge is -2.25. The van der Waals surface area contributed by atoms with E-state index in [9.17, 15) is 4.79 Å². The molecule has 2 heterocycles. The number of aryl methyl sites for hydroxylation is 2. The fraction of sp³-hybridized carbons (Fsp3) is 0.350. The number of nitrogens with zero attached hydrogens (tertiary/aromatic N) is 3. The summed E-state index contributed by atoms with van der Waals surface area (Å²) in [6.07, 6.45) is 0.780. The quantitative estimate of drug-likeness (QED) is 0.609. The number of nitrogens with one attached hydrogen (secondary N) is 1. The molecule has 2 aromatic heterocycles. The predicted molar refractivity (Wildman–Crippen MR) is 108 cm³/mol. The van der Waals surface area contributed by atoms with Crippen LogP contribution in [-0.4, -0.2) is 35.7 Å². The Kier molecular flexibility index (Phi) is 6.59. The van der Waals surface area contributed by atoms with Crippen LogP contribution in [-0.2, 0) is 11.2 Å². The molecule has 3 rings (SSSR count).